The maximum Gasteiger partial charge on any atom is 0.251 e. The third kappa shape index (κ3) is 7.58. The van der Waals surface area contributed by atoms with Crippen LogP contribution < -0.4 is 21.5 Å². The summed E-state index contributed by atoms with van der Waals surface area (Å²) in [4.78, 5) is 16.4. The van der Waals surface area contributed by atoms with Gasteiger partial charge in [-0.05, 0) is 61.7 Å². The fourth-order valence-electron chi connectivity index (χ4n) is 3.17. The molecule has 0 radical (unpaired) electrons. The van der Waals surface area contributed by atoms with E-state index in [0.29, 0.717) is 23.0 Å². The number of hydrogen-bond donors (Lipinski definition) is 3. The standard InChI is InChI=1S/C22H27ClN4O2.2ClH/c1-14-21(25)27-19-13-16(8-11-20(19)29-14)18(24)5-3-2-4-12-26-22(28)15-6-9-17(23)10-7-15;;/h6-11,13-14,18H,2-5,12,24H2,1H3,(H2,25,27)(H,26,28);2*1H. The molecule has 1 aliphatic heterocycles. The fraction of sp³-hybridized carbons (Fsp3) is 0.364. The van der Waals surface area contributed by atoms with E-state index in [0.717, 1.165) is 42.7 Å². The molecule has 0 saturated heterocycles. The molecule has 1 aliphatic rings. The molecule has 0 aromatic heterocycles. The minimum atomic E-state index is -0.206. The van der Waals surface area contributed by atoms with Gasteiger partial charge in [0.25, 0.3) is 5.91 Å². The quantitative estimate of drug-likeness (QED) is 0.459. The Bertz CT molecular complexity index is 891. The number of rotatable bonds is 8. The number of ether oxygens (including phenoxy) is 1. The molecule has 0 saturated carbocycles. The first-order chi connectivity index (χ1) is 13.9. The van der Waals surface area contributed by atoms with Crippen LogP contribution in [0.4, 0.5) is 5.69 Å². The van der Waals surface area contributed by atoms with Crippen LogP contribution in [0.2, 0.25) is 5.02 Å². The normalized spacial score (nSPS) is 15.3. The first kappa shape index (κ1) is 27.0. The van der Waals surface area contributed by atoms with Gasteiger partial charge in [0.05, 0.1) is 0 Å². The highest BCUT2D eigenvalue weighted by atomic mass is 35.5. The third-order valence-electron chi connectivity index (χ3n) is 4.96. The van der Waals surface area contributed by atoms with Gasteiger partial charge in [-0.2, -0.15) is 0 Å². The number of amides is 1. The van der Waals surface area contributed by atoms with Crippen molar-refractivity contribution in [3.63, 3.8) is 0 Å². The zero-order valence-corrected chi connectivity index (χ0v) is 19.7. The van der Waals surface area contributed by atoms with Crippen LogP contribution in [-0.2, 0) is 0 Å². The van der Waals surface area contributed by atoms with E-state index in [-0.39, 0.29) is 42.9 Å². The molecule has 5 N–H and O–H groups in total. The molecule has 0 aliphatic carbocycles. The Morgan fingerprint density at radius 2 is 1.87 bits per heavy atom. The van der Waals surface area contributed by atoms with Crippen LogP contribution >= 0.6 is 36.4 Å². The summed E-state index contributed by atoms with van der Waals surface area (Å²) in [6.07, 6.45) is 3.53. The molecule has 3 rings (SSSR count). The number of unbranched alkanes of at least 4 members (excludes halogenated alkanes) is 2. The molecule has 0 fully saturated rings. The highest BCUT2D eigenvalue weighted by molar-refractivity contribution is 6.30. The third-order valence-corrected chi connectivity index (χ3v) is 5.22. The number of nitrogens with two attached hydrogens (primary N) is 2. The summed E-state index contributed by atoms with van der Waals surface area (Å²) in [6, 6.07) is 12.6. The Morgan fingerprint density at radius 3 is 2.58 bits per heavy atom. The minimum absolute atomic E-state index is 0. The van der Waals surface area contributed by atoms with Gasteiger partial charge in [-0.3, -0.25) is 4.79 Å². The zero-order valence-electron chi connectivity index (χ0n) is 17.3. The smallest absolute Gasteiger partial charge is 0.251 e. The van der Waals surface area contributed by atoms with Gasteiger partial charge in [0, 0.05) is 23.2 Å². The SMILES string of the molecule is CC1Oc2ccc(C(N)CCCCCNC(=O)c3ccc(Cl)cc3)cc2N=C1N.Cl.Cl. The summed E-state index contributed by atoms with van der Waals surface area (Å²) in [5.74, 6) is 1.13. The molecule has 31 heavy (non-hydrogen) atoms. The molecule has 2 unspecified atom stereocenters. The van der Waals surface area contributed by atoms with Crippen molar-refractivity contribution in [1.29, 1.82) is 0 Å². The number of nitrogens with one attached hydrogen (secondary N) is 1. The van der Waals surface area contributed by atoms with Crippen molar-refractivity contribution in [2.75, 3.05) is 6.54 Å². The van der Waals surface area contributed by atoms with Crippen LogP contribution in [0.1, 0.15) is 54.6 Å². The minimum Gasteiger partial charge on any atom is -0.481 e. The molecule has 6 nitrogen and oxygen atoms in total. The van der Waals surface area contributed by atoms with E-state index >= 15 is 0 Å². The summed E-state index contributed by atoms with van der Waals surface area (Å²) in [6.45, 7) is 2.51. The number of carbonyl (C=O) groups is 1. The van der Waals surface area contributed by atoms with Crippen LogP contribution in [-0.4, -0.2) is 24.4 Å². The maximum absolute atomic E-state index is 12.0. The van der Waals surface area contributed by atoms with E-state index in [1.165, 1.54) is 0 Å². The van der Waals surface area contributed by atoms with E-state index in [1.54, 1.807) is 24.3 Å². The molecular weight excluding hydrogens is 459 g/mol. The van der Waals surface area contributed by atoms with E-state index in [2.05, 4.69) is 10.3 Å². The molecular formula is C22H29Cl3N4O2. The van der Waals surface area contributed by atoms with Crippen LogP contribution in [0.5, 0.6) is 5.75 Å². The first-order valence-corrected chi connectivity index (χ1v) is 10.3. The van der Waals surface area contributed by atoms with Crippen LogP contribution in [0, 0.1) is 0 Å². The van der Waals surface area contributed by atoms with Gasteiger partial charge >= 0.3 is 0 Å². The Labute approximate surface area is 200 Å². The molecule has 1 heterocycles. The molecule has 9 heteroatoms. The second kappa shape index (κ2) is 12.8. The van der Waals surface area contributed by atoms with Gasteiger partial charge < -0.3 is 21.5 Å². The number of halogens is 3. The maximum atomic E-state index is 12.0. The topological polar surface area (TPSA) is 103 Å². The van der Waals surface area contributed by atoms with Crippen molar-refractivity contribution >= 4 is 53.8 Å². The lowest BCUT2D eigenvalue weighted by Crippen LogP contribution is -2.33. The van der Waals surface area contributed by atoms with Crippen molar-refractivity contribution in [2.24, 2.45) is 16.5 Å². The lowest BCUT2D eigenvalue weighted by Gasteiger charge is -2.22. The average Bonchev–Trinajstić information content (AvgIpc) is 2.71. The Hall–Kier alpha value is -1.99. The van der Waals surface area contributed by atoms with Crippen molar-refractivity contribution in [3.05, 3.63) is 58.6 Å². The van der Waals surface area contributed by atoms with Crippen molar-refractivity contribution < 1.29 is 9.53 Å². The second-order valence-electron chi connectivity index (χ2n) is 7.24. The molecule has 0 spiro atoms. The lowest BCUT2D eigenvalue weighted by atomic mass is 10.00. The number of amidine groups is 1. The van der Waals surface area contributed by atoms with Crippen LogP contribution in [0.15, 0.2) is 47.5 Å². The molecule has 2 atom stereocenters. The highest BCUT2D eigenvalue weighted by Gasteiger charge is 2.19. The summed E-state index contributed by atoms with van der Waals surface area (Å²) in [7, 11) is 0. The van der Waals surface area contributed by atoms with Crippen molar-refractivity contribution in [2.45, 2.75) is 44.8 Å². The number of carbonyl (C=O) groups excluding carboxylic acids is 1. The summed E-state index contributed by atoms with van der Waals surface area (Å²) in [5.41, 5.74) is 14.6. The van der Waals surface area contributed by atoms with Gasteiger partial charge in [-0.1, -0.05) is 30.5 Å². The molecule has 2 aromatic carbocycles. The molecule has 1 amide bonds. The number of nitrogens with zero attached hydrogens (tertiary/aromatic N) is 1. The van der Waals surface area contributed by atoms with Gasteiger partial charge in [0.15, 0.2) is 6.10 Å². The van der Waals surface area contributed by atoms with E-state index < -0.39 is 0 Å². The first-order valence-electron chi connectivity index (χ1n) is 9.88. The average molecular weight is 488 g/mol. The summed E-state index contributed by atoms with van der Waals surface area (Å²) < 4.78 is 5.72. The Balaban J connectivity index is 0.00000240. The number of hydrogen-bond acceptors (Lipinski definition) is 5. The van der Waals surface area contributed by atoms with Crippen molar-refractivity contribution in [1.82, 2.24) is 5.32 Å². The highest BCUT2D eigenvalue weighted by Crippen LogP contribution is 2.34. The largest absolute Gasteiger partial charge is 0.481 e. The van der Waals surface area contributed by atoms with Gasteiger partial charge in [-0.15, -0.1) is 24.8 Å². The number of fused-ring (bicyclic) bond motifs is 1. The van der Waals surface area contributed by atoms with E-state index in [9.17, 15) is 4.79 Å². The number of benzene rings is 2. The van der Waals surface area contributed by atoms with Crippen molar-refractivity contribution in [3.8, 4) is 5.75 Å². The zero-order chi connectivity index (χ0) is 20.8. The van der Waals surface area contributed by atoms with E-state index in [1.807, 2.05) is 25.1 Å². The molecule has 0 bridgehead atoms. The van der Waals surface area contributed by atoms with Gasteiger partial charge in [0.1, 0.15) is 17.3 Å². The van der Waals surface area contributed by atoms with E-state index in [4.69, 9.17) is 27.8 Å². The summed E-state index contributed by atoms with van der Waals surface area (Å²) >= 11 is 5.83. The molecule has 170 valence electrons. The predicted octanol–water partition coefficient (Wildman–Crippen LogP) is 4.94. The van der Waals surface area contributed by atoms with Gasteiger partial charge in [0.2, 0.25) is 0 Å². The molecule has 2 aromatic rings. The predicted molar refractivity (Wildman–Crippen MR) is 131 cm³/mol. The monoisotopic (exact) mass is 486 g/mol. The second-order valence-corrected chi connectivity index (χ2v) is 7.68. The Morgan fingerprint density at radius 1 is 1.16 bits per heavy atom. The lowest BCUT2D eigenvalue weighted by molar-refractivity contribution is 0.0953. The van der Waals surface area contributed by atoms with Crippen LogP contribution in [0.25, 0.3) is 0 Å². The Kier molecular flexibility index (Phi) is 11.1. The van der Waals surface area contributed by atoms with Gasteiger partial charge in [-0.25, -0.2) is 4.99 Å². The fourth-order valence-corrected chi connectivity index (χ4v) is 3.30. The number of aliphatic imine (C=N–C) groups is 1. The summed E-state index contributed by atoms with van der Waals surface area (Å²) in [5, 5.41) is 3.55. The van der Waals surface area contributed by atoms with Crippen LogP contribution in [0.3, 0.4) is 0 Å².